The van der Waals surface area contributed by atoms with Gasteiger partial charge in [-0.05, 0) is 45.1 Å². The fraction of sp³-hybridized carbons (Fsp3) is 0.933. The molecule has 4 unspecified atom stereocenters. The van der Waals surface area contributed by atoms with Gasteiger partial charge < -0.3 is 15.7 Å². The molecule has 0 aromatic carbocycles. The molecule has 4 heteroatoms. The van der Waals surface area contributed by atoms with E-state index in [9.17, 15) is 9.90 Å². The molecule has 2 rings (SSSR count). The summed E-state index contributed by atoms with van der Waals surface area (Å²) in [5, 5.41) is 16.9. The maximum absolute atomic E-state index is 12.2. The summed E-state index contributed by atoms with van der Waals surface area (Å²) in [4.78, 5) is 12.2. The number of hydrogen-bond acceptors (Lipinski definition) is 3. The molecule has 1 saturated heterocycles. The van der Waals surface area contributed by atoms with Crippen LogP contribution in [-0.4, -0.2) is 35.7 Å². The van der Waals surface area contributed by atoms with Crippen molar-refractivity contribution < 1.29 is 9.90 Å². The van der Waals surface area contributed by atoms with Crippen molar-refractivity contribution in [3.63, 3.8) is 0 Å². The number of carbonyl (C=O) groups is 1. The molecular formula is C15H28N2O2. The molecule has 0 aromatic heterocycles. The highest BCUT2D eigenvalue weighted by atomic mass is 16.3. The van der Waals surface area contributed by atoms with Gasteiger partial charge >= 0.3 is 0 Å². The number of amides is 1. The van der Waals surface area contributed by atoms with Crippen molar-refractivity contribution in [3.05, 3.63) is 0 Å². The van der Waals surface area contributed by atoms with Gasteiger partial charge in [0.05, 0.1) is 5.60 Å². The zero-order chi connectivity index (χ0) is 13.9. The average Bonchev–Trinajstić information content (AvgIpc) is 2.36. The Balaban J connectivity index is 1.79. The van der Waals surface area contributed by atoms with Crippen LogP contribution in [0.25, 0.3) is 0 Å². The van der Waals surface area contributed by atoms with Gasteiger partial charge in [0.15, 0.2) is 0 Å². The lowest BCUT2D eigenvalue weighted by molar-refractivity contribution is -0.128. The number of carbonyl (C=O) groups excluding carboxylic acids is 1. The molecule has 3 N–H and O–H groups in total. The van der Waals surface area contributed by atoms with E-state index in [0.717, 1.165) is 38.6 Å². The summed E-state index contributed by atoms with van der Waals surface area (Å²) in [7, 11) is 0. The predicted octanol–water partition coefficient (Wildman–Crippen LogP) is 1.43. The fourth-order valence-corrected chi connectivity index (χ4v) is 3.56. The Morgan fingerprint density at radius 1 is 1.42 bits per heavy atom. The molecule has 1 heterocycles. The second kappa shape index (κ2) is 6.23. The molecule has 0 radical (unpaired) electrons. The normalized spacial score (nSPS) is 39.8. The lowest BCUT2D eigenvalue weighted by Gasteiger charge is -2.36. The van der Waals surface area contributed by atoms with Crippen LogP contribution < -0.4 is 10.6 Å². The Kier molecular flexibility index (Phi) is 4.85. The van der Waals surface area contributed by atoms with Crippen LogP contribution in [0.2, 0.25) is 0 Å². The molecule has 2 fully saturated rings. The Morgan fingerprint density at radius 3 is 2.89 bits per heavy atom. The summed E-state index contributed by atoms with van der Waals surface area (Å²) in [6.07, 6.45) is 5.71. The van der Waals surface area contributed by atoms with Crippen molar-refractivity contribution in [2.45, 2.75) is 64.0 Å². The van der Waals surface area contributed by atoms with E-state index in [1.807, 2.05) is 0 Å². The first-order valence-corrected chi connectivity index (χ1v) is 7.72. The molecule has 1 amide bonds. The van der Waals surface area contributed by atoms with Gasteiger partial charge in [-0.2, -0.15) is 0 Å². The van der Waals surface area contributed by atoms with E-state index in [1.165, 1.54) is 6.42 Å². The highest BCUT2D eigenvalue weighted by Gasteiger charge is 2.34. The molecule has 1 aliphatic carbocycles. The lowest BCUT2D eigenvalue weighted by atomic mass is 9.79. The van der Waals surface area contributed by atoms with Crippen LogP contribution in [0.5, 0.6) is 0 Å². The first kappa shape index (κ1) is 14.8. The minimum absolute atomic E-state index is 0.112. The maximum Gasteiger partial charge on any atom is 0.223 e. The van der Waals surface area contributed by atoms with Gasteiger partial charge in [0.1, 0.15) is 0 Å². The number of aliphatic hydroxyl groups is 1. The Labute approximate surface area is 116 Å². The summed E-state index contributed by atoms with van der Waals surface area (Å²) in [5.74, 6) is 0.801. The smallest absolute Gasteiger partial charge is 0.223 e. The quantitative estimate of drug-likeness (QED) is 0.725. The van der Waals surface area contributed by atoms with Crippen molar-refractivity contribution in [1.82, 2.24) is 10.6 Å². The van der Waals surface area contributed by atoms with Gasteiger partial charge in [-0.25, -0.2) is 0 Å². The fourth-order valence-electron chi connectivity index (χ4n) is 3.56. The molecule has 0 spiro atoms. The Bertz CT molecular complexity index is 321. The first-order valence-electron chi connectivity index (χ1n) is 7.72. The molecule has 110 valence electrons. The zero-order valence-corrected chi connectivity index (χ0v) is 12.2. The summed E-state index contributed by atoms with van der Waals surface area (Å²) in [6.45, 7) is 5.64. The number of nitrogens with one attached hydrogen (secondary N) is 2. The van der Waals surface area contributed by atoms with Crippen molar-refractivity contribution in [2.24, 2.45) is 11.8 Å². The number of piperidine rings is 1. The standard InChI is InChI=1S/C15H28N2O2/c1-11-4-3-6-15(19,9-11)10-17-14(18)13-5-7-16-12(2)8-13/h11-13,16,19H,3-10H2,1-2H3,(H,17,18). The lowest BCUT2D eigenvalue weighted by Crippen LogP contribution is -2.49. The van der Waals surface area contributed by atoms with Crippen molar-refractivity contribution in [3.8, 4) is 0 Å². The molecule has 4 atom stereocenters. The van der Waals surface area contributed by atoms with Crippen LogP contribution >= 0.6 is 0 Å². The van der Waals surface area contributed by atoms with E-state index >= 15 is 0 Å². The van der Waals surface area contributed by atoms with Crippen LogP contribution in [0, 0.1) is 11.8 Å². The minimum Gasteiger partial charge on any atom is -0.388 e. The van der Waals surface area contributed by atoms with E-state index in [4.69, 9.17) is 0 Å². The summed E-state index contributed by atoms with van der Waals surface area (Å²) >= 11 is 0. The zero-order valence-electron chi connectivity index (χ0n) is 12.2. The van der Waals surface area contributed by atoms with Crippen LogP contribution in [0.1, 0.15) is 52.4 Å². The summed E-state index contributed by atoms with van der Waals surface area (Å²) in [5.41, 5.74) is -0.675. The summed E-state index contributed by atoms with van der Waals surface area (Å²) in [6, 6.07) is 0.419. The third-order valence-corrected chi connectivity index (χ3v) is 4.65. The van der Waals surface area contributed by atoms with E-state index in [-0.39, 0.29) is 11.8 Å². The third kappa shape index (κ3) is 4.18. The van der Waals surface area contributed by atoms with Gasteiger partial charge in [0.25, 0.3) is 0 Å². The van der Waals surface area contributed by atoms with E-state index in [1.54, 1.807) is 0 Å². The van der Waals surface area contributed by atoms with Crippen LogP contribution in [0.15, 0.2) is 0 Å². The monoisotopic (exact) mass is 268 g/mol. The first-order chi connectivity index (χ1) is 8.98. The molecule has 4 nitrogen and oxygen atoms in total. The molecular weight excluding hydrogens is 240 g/mol. The van der Waals surface area contributed by atoms with Crippen LogP contribution in [-0.2, 0) is 4.79 Å². The topological polar surface area (TPSA) is 61.4 Å². The molecule has 1 saturated carbocycles. The van der Waals surface area contributed by atoms with E-state index < -0.39 is 5.60 Å². The highest BCUT2D eigenvalue weighted by Crippen LogP contribution is 2.31. The number of rotatable bonds is 3. The highest BCUT2D eigenvalue weighted by molar-refractivity contribution is 5.78. The van der Waals surface area contributed by atoms with Gasteiger partial charge in [-0.15, -0.1) is 0 Å². The SMILES string of the molecule is CC1CCCC(O)(CNC(=O)C2CCNC(C)C2)C1. The van der Waals surface area contributed by atoms with Gasteiger partial charge in [-0.3, -0.25) is 4.79 Å². The molecule has 2 aliphatic rings. The second-order valence-electron chi connectivity index (χ2n) is 6.72. The van der Waals surface area contributed by atoms with Gasteiger partial charge in [0, 0.05) is 18.5 Å². The maximum atomic E-state index is 12.2. The van der Waals surface area contributed by atoms with E-state index in [0.29, 0.717) is 18.5 Å². The molecule has 0 bridgehead atoms. The van der Waals surface area contributed by atoms with Crippen LogP contribution in [0.3, 0.4) is 0 Å². The Hall–Kier alpha value is -0.610. The predicted molar refractivity (Wildman–Crippen MR) is 75.8 cm³/mol. The minimum atomic E-state index is -0.675. The number of hydrogen-bond donors (Lipinski definition) is 3. The Morgan fingerprint density at radius 2 is 2.21 bits per heavy atom. The molecule has 0 aromatic rings. The molecule has 19 heavy (non-hydrogen) atoms. The van der Waals surface area contributed by atoms with Gasteiger partial charge in [0.2, 0.25) is 5.91 Å². The van der Waals surface area contributed by atoms with Crippen LogP contribution in [0.4, 0.5) is 0 Å². The van der Waals surface area contributed by atoms with Crippen molar-refractivity contribution >= 4 is 5.91 Å². The average molecular weight is 268 g/mol. The van der Waals surface area contributed by atoms with E-state index in [2.05, 4.69) is 24.5 Å². The third-order valence-electron chi connectivity index (χ3n) is 4.65. The summed E-state index contributed by atoms with van der Waals surface area (Å²) < 4.78 is 0. The van der Waals surface area contributed by atoms with Gasteiger partial charge in [-0.1, -0.05) is 19.8 Å². The second-order valence-corrected chi connectivity index (χ2v) is 6.72. The largest absolute Gasteiger partial charge is 0.388 e. The van der Waals surface area contributed by atoms with Crippen molar-refractivity contribution in [2.75, 3.05) is 13.1 Å². The van der Waals surface area contributed by atoms with Crippen molar-refractivity contribution in [1.29, 1.82) is 0 Å². The molecule has 1 aliphatic heterocycles.